The Hall–Kier alpha value is -3.59. The number of hydrogen-bond acceptors (Lipinski definition) is 5. The first kappa shape index (κ1) is 15.3. The van der Waals surface area contributed by atoms with Crippen LogP contribution in [-0.4, -0.2) is 27.9 Å². The second kappa shape index (κ2) is 7.11. The molecule has 118 valence electrons. The standard InChI is InChI=1S/C18H14N4O2/c19-10-14(18-21-15-8-4-5-9-16(15)22-18)17(23)12-24-20-11-13-6-2-1-3-7-13/h1-9,11,23H,12H2,(H,21,22)/b17-14-,20-11+. The Balaban J connectivity index is 1.73. The predicted octanol–water partition coefficient (Wildman–Crippen LogP) is 3.41. The summed E-state index contributed by atoms with van der Waals surface area (Å²) in [4.78, 5) is 12.3. The number of aromatic nitrogens is 2. The monoisotopic (exact) mass is 318 g/mol. The third-order valence-electron chi connectivity index (χ3n) is 3.30. The molecule has 6 nitrogen and oxygen atoms in total. The Bertz CT molecular complexity index is 903. The van der Waals surface area contributed by atoms with Crippen molar-refractivity contribution in [1.82, 2.24) is 9.97 Å². The van der Waals surface area contributed by atoms with E-state index in [1.54, 1.807) is 0 Å². The van der Waals surface area contributed by atoms with Crippen LogP contribution in [0.15, 0.2) is 65.5 Å². The zero-order valence-electron chi connectivity index (χ0n) is 12.7. The number of imidazole rings is 1. The van der Waals surface area contributed by atoms with E-state index in [0.717, 1.165) is 16.6 Å². The zero-order valence-corrected chi connectivity index (χ0v) is 12.7. The third-order valence-corrected chi connectivity index (χ3v) is 3.30. The van der Waals surface area contributed by atoms with Crippen molar-refractivity contribution in [3.05, 3.63) is 71.7 Å². The molecule has 0 unspecified atom stereocenters. The highest BCUT2D eigenvalue weighted by Gasteiger charge is 2.13. The fourth-order valence-electron chi connectivity index (χ4n) is 2.13. The lowest BCUT2D eigenvalue weighted by atomic mass is 10.2. The molecule has 0 aliphatic carbocycles. The van der Waals surface area contributed by atoms with Crippen LogP contribution in [0.1, 0.15) is 11.4 Å². The molecule has 0 aliphatic heterocycles. The van der Waals surface area contributed by atoms with Crippen LogP contribution in [0.3, 0.4) is 0 Å². The number of fused-ring (bicyclic) bond motifs is 1. The van der Waals surface area contributed by atoms with Crippen molar-refractivity contribution in [1.29, 1.82) is 5.26 Å². The quantitative estimate of drug-likeness (QED) is 0.326. The van der Waals surface area contributed by atoms with E-state index in [-0.39, 0.29) is 17.9 Å². The van der Waals surface area contributed by atoms with Crippen LogP contribution in [0.4, 0.5) is 0 Å². The average molecular weight is 318 g/mol. The number of rotatable bonds is 5. The van der Waals surface area contributed by atoms with Crippen LogP contribution >= 0.6 is 0 Å². The molecule has 1 aromatic heterocycles. The van der Waals surface area contributed by atoms with Crippen molar-refractivity contribution in [2.75, 3.05) is 6.61 Å². The number of aromatic amines is 1. The van der Waals surface area contributed by atoms with Crippen LogP contribution < -0.4 is 0 Å². The maximum Gasteiger partial charge on any atom is 0.175 e. The second-order valence-corrected chi connectivity index (χ2v) is 4.95. The number of nitrogens with one attached hydrogen (secondary N) is 1. The fraction of sp³-hybridized carbons (Fsp3) is 0.0556. The number of hydrogen-bond donors (Lipinski definition) is 2. The SMILES string of the molecule is N#C/C(=C(/O)CO/N=C/c1ccccc1)c1nc2ccccc2[nH]1. The molecule has 0 aliphatic rings. The summed E-state index contributed by atoms with van der Waals surface area (Å²) in [5.41, 5.74) is 2.41. The van der Waals surface area contributed by atoms with E-state index in [1.165, 1.54) is 6.21 Å². The van der Waals surface area contributed by atoms with Crippen LogP contribution in [0.25, 0.3) is 16.6 Å². The molecule has 0 saturated heterocycles. The Morgan fingerprint density at radius 1 is 1.21 bits per heavy atom. The van der Waals surface area contributed by atoms with Gasteiger partial charge in [0.1, 0.15) is 11.6 Å². The molecule has 0 saturated carbocycles. The van der Waals surface area contributed by atoms with Gasteiger partial charge in [-0.15, -0.1) is 0 Å². The molecule has 0 amide bonds. The van der Waals surface area contributed by atoms with Crippen LogP contribution in [0.2, 0.25) is 0 Å². The van der Waals surface area contributed by atoms with Crippen molar-refractivity contribution in [2.45, 2.75) is 0 Å². The maximum atomic E-state index is 10.1. The molecule has 6 heteroatoms. The molecule has 3 aromatic rings. The number of allylic oxidation sites excluding steroid dienone is 1. The minimum atomic E-state index is -0.234. The number of nitrogens with zero attached hydrogens (tertiary/aromatic N) is 3. The van der Waals surface area contributed by atoms with Crippen molar-refractivity contribution in [2.24, 2.45) is 5.16 Å². The largest absolute Gasteiger partial charge is 0.507 e. The van der Waals surface area contributed by atoms with Crippen LogP contribution in [-0.2, 0) is 4.84 Å². The van der Waals surface area contributed by atoms with Gasteiger partial charge in [0, 0.05) is 0 Å². The number of oxime groups is 1. The predicted molar refractivity (Wildman–Crippen MR) is 91.2 cm³/mol. The van der Waals surface area contributed by atoms with Gasteiger partial charge < -0.3 is 14.9 Å². The number of nitriles is 1. The molecule has 0 spiro atoms. The molecule has 0 fully saturated rings. The zero-order chi connectivity index (χ0) is 16.8. The average Bonchev–Trinajstić information content (AvgIpc) is 3.04. The first-order valence-electron chi connectivity index (χ1n) is 7.25. The second-order valence-electron chi connectivity index (χ2n) is 4.95. The lowest BCUT2D eigenvalue weighted by molar-refractivity contribution is 0.139. The van der Waals surface area contributed by atoms with E-state index in [2.05, 4.69) is 15.1 Å². The maximum absolute atomic E-state index is 10.1. The van der Waals surface area contributed by atoms with Crippen molar-refractivity contribution >= 4 is 22.8 Å². The Morgan fingerprint density at radius 3 is 2.71 bits per heavy atom. The van der Waals surface area contributed by atoms with Gasteiger partial charge in [-0.25, -0.2) is 4.98 Å². The molecule has 1 heterocycles. The first-order valence-corrected chi connectivity index (χ1v) is 7.25. The molecule has 3 rings (SSSR count). The highest BCUT2D eigenvalue weighted by atomic mass is 16.6. The minimum absolute atomic E-state index is 0.0288. The molecule has 0 atom stereocenters. The molecule has 24 heavy (non-hydrogen) atoms. The van der Waals surface area contributed by atoms with Crippen molar-refractivity contribution in [3.63, 3.8) is 0 Å². The third kappa shape index (κ3) is 3.42. The molecular formula is C18H14N4O2. The van der Waals surface area contributed by atoms with Gasteiger partial charge in [-0.1, -0.05) is 47.6 Å². The summed E-state index contributed by atoms with van der Waals surface area (Å²) >= 11 is 0. The van der Waals surface area contributed by atoms with E-state index in [0.29, 0.717) is 5.82 Å². The molecule has 2 aromatic carbocycles. The lowest BCUT2D eigenvalue weighted by Crippen LogP contribution is -1.99. The highest BCUT2D eigenvalue weighted by molar-refractivity contribution is 5.82. The Morgan fingerprint density at radius 2 is 1.96 bits per heavy atom. The van der Waals surface area contributed by atoms with Gasteiger partial charge in [0.15, 0.2) is 18.2 Å². The van der Waals surface area contributed by atoms with Gasteiger partial charge in [0.25, 0.3) is 0 Å². The number of H-pyrrole nitrogens is 1. The van der Waals surface area contributed by atoms with Gasteiger partial charge in [-0.3, -0.25) is 0 Å². The molecule has 2 N–H and O–H groups in total. The van der Waals surface area contributed by atoms with Gasteiger partial charge in [0.05, 0.1) is 17.2 Å². The molecular weight excluding hydrogens is 304 g/mol. The van der Waals surface area contributed by atoms with E-state index in [4.69, 9.17) is 4.84 Å². The number of aliphatic hydroxyl groups excluding tert-OH is 1. The lowest BCUT2D eigenvalue weighted by Gasteiger charge is -2.01. The number of para-hydroxylation sites is 2. The topological polar surface area (TPSA) is 94.3 Å². The van der Waals surface area contributed by atoms with Crippen molar-refractivity contribution < 1.29 is 9.94 Å². The van der Waals surface area contributed by atoms with Gasteiger partial charge in [-0.2, -0.15) is 5.26 Å². The Labute approximate surface area is 138 Å². The number of benzene rings is 2. The van der Waals surface area contributed by atoms with E-state index in [9.17, 15) is 10.4 Å². The highest BCUT2D eigenvalue weighted by Crippen LogP contribution is 2.18. The van der Waals surface area contributed by atoms with Gasteiger partial charge in [-0.05, 0) is 17.7 Å². The van der Waals surface area contributed by atoms with E-state index >= 15 is 0 Å². The van der Waals surface area contributed by atoms with Gasteiger partial charge >= 0.3 is 0 Å². The van der Waals surface area contributed by atoms with Gasteiger partial charge in [0.2, 0.25) is 0 Å². The summed E-state index contributed by atoms with van der Waals surface area (Å²) in [6.07, 6.45) is 1.53. The summed E-state index contributed by atoms with van der Waals surface area (Å²) in [5, 5.41) is 23.1. The van der Waals surface area contributed by atoms with E-state index < -0.39 is 0 Å². The van der Waals surface area contributed by atoms with Crippen molar-refractivity contribution in [3.8, 4) is 6.07 Å². The summed E-state index contributed by atoms with van der Waals surface area (Å²) in [5.74, 6) is 0.0635. The minimum Gasteiger partial charge on any atom is -0.507 e. The van der Waals surface area contributed by atoms with Crippen LogP contribution in [0, 0.1) is 11.3 Å². The summed E-state index contributed by atoms with van der Waals surface area (Å²) in [6, 6.07) is 18.7. The number of aliphatic hydroxyl groups is 1. The molecule has 0 radical (unpaired) electrons. The normalized spacial score (nSPS) is 12.1. The summed E-state index contributed by atoms with van der Waals surface area (Å²) < 4.78 is 0. The molecule has 0 bridgehead atoms. The van der Waals surface area contributed by atoms with Crippen LogP contribution in [0.5, 0.6) is 0 Å². The van der Waals surface area contributed by atoms with E-state index in [1.807, 2.05) is 60.7 Å². The fourth-order valence-corrected chi connectivity index (χ4v) is 2.13. The summed E-state index contributed by atoms with van der Waals surface area (Å²) in [6.45, 7) is -0.219. The first-order chi connectivity index (χ1) is 11.8. The Kier molecular flexibility index (Phi) is 4.54. The smallest absolute Gasteiger partial charge is 0.175 e. The summed E-state index contributed by atoms with van der Waals surface area (Å²) in [7, 11) is 0.